The van der Waals surface area contributed by atoms with Crippen molar-refractivity contribution in [2.24, 2.45) is 0 Å². The topological polar surface area (TPSA) is 86.1 Å². The van der Waals surface area contributed by atoms with Gasteiger partial charge in [-0.25, -0.2) is 22.2 Å². The van der Waals surface area contributed by atoms with Gasteiger partial charge in [0.1, 0.15) is 17.9 Å². The molecule has 1 N–H and O–H groups in total. The molecule has 0 radical (unpaired) electrons. The number of aromatic nitrogens is 3. The fraction of sp³-hybridized carbons (Fsp3) is 0.125. The first kappa shape index (κ1) is 16.9. The number of rotatable bonds is 6. The van der Waals surface area contributed by atoms with E-state index >= 15 is 0 Å². The van der Waals surface area contributed by atoms with Crippen molar-refractivity contribution in [3.05, 3.63) is 66.2 Å². The van der Waals surface area contributed by atoms with Gasteiger partial charge in [-0.3, -0.25) is 0 Å². The van der Waals surface area contributed by atoms with Crippen LogP contribution in [0.1, 0.15) is 5.56 Å². The Morgan fingerprint density at radius 2 is 1.80 bits per heavy atom. The van der Waals surface area contributed by atoms with E-state index in [1.807, 2.05) is 0 Å². The van der Waals surface area contributed by atoms with Crippen molar-refractivity contribution in [3.63, 3.8) is 0 Å². The molecule has 0 aliphatic carbocycles. The highest BCUT2D eigenvalue weighted by Gasteiger charge is 2.16. The highest BCUT2D eigenvalue weighted by Crippen LogP contribution is 2.17. The van der Waals surface area contributed by atoms with Crippen LogP contribution >= 0.6 is 0 Å². The maximum absolute atomic E-state index is 12.9. The summed E-state index contributed by atoms with van der Waals surface area (Å²) in [4.78, 5) is 4.01. The quantitative estimate of drug-likeness (QED) is 0.727. The van der Waals surface area contributed by atoms with Crippen molar-refractivity contribution in [1.82, 2.24) is 14.8 Å². The summed E-state index contributed by atoms with van der Waals surface area (Å²) in [5.41, 5.74) is 0.816. The Labute approximate surface area is 144 Å². The molecule has 130 valence electrons. The summed E-state index contributed by atoms with van der Waals surface area (Å²) in [7, 11) is -2.30. The molecule has 1 heterocycles. The molecule has 1 aromatic heterocycles. The molecule has 0 atom stereocenters. The second-order valence-electron chi connectivity index (χ2n) is 5.17. The summed E-state index contributed by atoms with van der Waals surface area (Å²) in [6.45, 7) is 0.345. The van der Waals surface area contributed by atoms with E-state index in [4.69, 9.17) is 4.74 Å². The van der Waals surface area contributed by atoms with Crippen LogP contribution in [0.15, 0.2) is 59.8 Å². The van der Waals surface area contributed by atoms with E-state index in [2.05, 4.69) is 14.8 Å². The monoisotopic (exact) mass is 362 g/mol. The van der Waals surface area contributed by atoms with Gasteiger partial charge in [0.15, 0.2) is 0 Å². The number of benzene rings is 2. The zero-order chi connectivity index (χ0) is 17.9. The van der Waals surface area contributed by atoms with Gasteiger partial charge in [0.2, 0.25) is 0 Å². The van der Waals surface area contributed by atoms with Crippen LogP contribution in [-0.2, 0) is 16.6 Å². The number of nitrogens with one attached hydrogen (secondary N) is 1. The fourth-order valence-corrected chi connectivity index (χ4v) is 3.07. The minimum Gasteiger partial charge on any atom is -0.497 e. The van der Waals surface area contributed by atoms with Gasteiger partial charge in [-0.2, -0.15) is 4.98 Å². The summed E-state index contributed by atoms with van der Waals surface area (Å²) in [5.74, 6) is 0.189. The fourth-order valence-electron chi connectivity index (χ4n) is 2.13. The van der Waals surface area contributed by atoms with Gasteiger partial charge < -0.3 is 4.74 Å². The van der Waals surface area contributed by atoms with Crippen LogP contribution in [0.4, 0.5) is 10.3 Å². The second-order valence-corrected chi connectivity index (χ2v) is 6.86. The van der Waals surface area contributed by atoms with Gasteiger partial charge in [0.05, 0.1) is 18.6 Å². The van der Waals surface area contributed by atoms with Crippen LogP contribution in [0.3, 0.4) is 0 Å². The summed E-state index contributed by atoms with van der Waals surface area (Å²) in [6.07, 6.45) is 1.40. The smallest absolute Gasteiger partial charge is 0.264 e. The molecule has 0 spiro atoms. The van der Waals surface area contributed by atoms with E-state index in [0.29, 0.717) is 12.3 Å². The molecule has 7 nitrogen and oxygen atoms in total. The van der Waals surface area contributed by atoms with E-state index in [9.17, 15) is 12.8 Å². The highest BCUT2D eigenvalue weighted by molar-refractivity contribution is 7.92. The number of ether oxygens (including phenoxy) is 1. The number of anilines is 1. The minimum atomic E-state index is -3.80. The van der Waals surface area contributed by atoms with Gasteiger partial charge >= 0.3 is 0 Å². The van der Waals surface area contributed by atoms with Crippen LogP contribution in [0.5, 0.6) is 5.75 Å². The molecule has 0 fully saturated rings. The summed E-state index contributed by atoms with van der Waals surface area (Å²) in [6, 6.07) is 11.9. The van der Waals surface area contributed by atoms with Crippen LogP contribution in [0.2, 0.25) is 0 Å². The second kappa shape index (κ2) is 6.89. The third kappa shape index (κ3) is 4.13. The first-order chi connectivity index (χ1) is 12.0. The molecular formula is C16H15FN4O3S. The normalized spacial score (nSPS) is 11.3. The molecule has 3 rings (SSSR count). The van der Waals surface area contributed by atoms with Crippen LogP contribution in [-0.4, -0.2) is 30.3 Å². The van der Waals surface area contributed by atoms with E-state index in [-0.39, 0.29) is 16.7 Å². The maximum Gasteiger partial charge on any atom is 0.264 e. The zero-order valence-electron chi connectivity index (χ0n) is 13.3. The molecule has 2 aromatic carbocycles. The van der Waals surface area contributed by atoms with Crippen molar-refractivity contribution >= 4 is 16.0 Å². The van der Waals surface area contributed by atoms with Gasteiger partial charge in [-0.1, -0.05) is 12.1 Å². The third-order valence-electron chi connectivity index (χ3n) is 3.39. The predicted octanol–water partition coefficient (Wildman–Crippen LogP) is 2.27. The van der Waals surface area contributed by atoms with E-state index in [1.165, 1.54) is 42.4 Å². The lowest BCUT2D eigenvalue weighted by atomic mass is 10.2. The molecule has 3 aromatic rings. The van der Waals surface area contributed by atoms with Crippen molar-refractivity contribution in [2.45, 2.75) is 11.4 Å². The summed E-state index contributed by atoms with van der Waals surface area (Å²) < 4.78 is 46.3. The lowest BCUT2D eigenvalue weighted by Gasteiger charge is -2.05. The third-order valence-corrected chi connectivity index (χ3v) is 4.73. The molecule has 0 aliphatic heterocycles. The van der Waals surface area contributed by atoms with Crippen molar-refractivity contribution < 1.29 is 17.5 Å². The number of hydrogen-bond donors (Lipinski definition) is 1. The molecule has 0 bridgehead atoms. The van der Waals surface area contributed by atoms with Gasteiger partial charge in [0, 0.05) is 0 Å². The molecular weight excluding hydrogens is 347 g/mol. The van der Waals surface area contributed by atoms with Gasteiger partial charge in [0.25, 0.3) is 16.0 Å². The Balaban J connectivity index is 1.72. The Kier molecular flexibility index (Phi) is 4.66. The zero-order valence-corrected chi connectivity index (χ0v) is 14.1. The van der Waals surface area contributed by atoms with Crippen molar-refractivity contribution in [2.75, 3.05) is 11.8 Å². The molecule has 0 unspecified atom stereocenters. The Morgan fingerprint density at radius 3 is 2.44 bits per heavy atom. The minimum absolute atomic E-state index is 0.0436. The number of hydrogen-bond acceptors (Lipinski definition) is 5. The maximum atomic E-state index is 12.9. The Bertz CT molecular complexity index is 954. The van der Waals surface area contributed by atoms with E-state index in [0.717, 1.165) is 5.56 Å². The molecule has 0 saturated carbocycles. The average molecular weight is 362 g/mol. The number of halogens is 1. The number of nitrogens with zero attached hydrogens (tertiary/aromatic N) is 3. The van der Waals surface area contributed by atoms with Crippen molar-refractivity contribution in [3.8, 4) is 5.75 Å². The summed E-state index contributed by atoms with van der Waals surface area (Å²) >= 11 is 0. The lowest BCUT2D eigenvalue weighted by Crippen LogP contribution is -2.14. The van der Waals surface area contributed by atoms with E-state index < -0.39 is 10.0 Å². The SMILES string of the molecule is COc1ccc(S(=O)(=O)Nc2ncn(Cc3ccc(F)cc3)n2)cc1. The molecule has 0 saturated heterocycles. The number of sulfonamides is 1. The van der Waals surface area contributed by atoms with Crippen molar-refractivity contribution in [1.29, 1.82) is 0 Å². The lowest BCUT2D eigenvalue weighted by molar-refractivity contribution is 0.414. The van der Waals surface area contributed by atoms with E-state index in [1.54, 1.807) is 24.3 Å². The molecule has 0 amide bonds. The molecule has 0 aliphatic rings. The Hall–Kier alpha value is -2.94. The van der Waals surface area contributed by atoms with Crippen LogP contribution in [0, 0.1) is 5.82 Å². The molecule has 25 heavy (non-hydrogen) atoms. The Morgan fingerprint density at radius 1 is 1.12 bits per heavy atom. The van der Waals surface area contributed by atoms with Crippen LogP contribution < -0.4 is 9.46 Å². The number of methoxy groups -OCH3 is 1. The first-order valence-electron chi connectivity index (χ1n) is 7.27. The summed E-state index contributed by atoms with van der Waals surface area (Å²) in [5, 5.41) is 4.07. The predicted molar refractivity (Wildman–Crippen MR) is 89.3 cm³/mol. The highest BCUT2D eigenvalue weighted by atomic mass is 32.2. The molecule has 9 heteroatoms. The first-order valence-corrected chi connectivity index (χ1v) is 8.75. The average Bonchev–Trinajstić information content (AvgIpc) is 3.03. The van der Waals surface area contributed by atoms with Gasteiger partial charge in [-0.15, -0.1) is 5.10 Å². The van der Waals surface area contributed by atoms with Gasteiger partial charge in [-0.05, 0) is 42.0 Å². The largest absolute Gasteiger partial charge is 0.497 e. The standard InChI is InChI=1S/C16H15FN4O3S/c1-24-14-6-8-15(9-7-14)25(22,23)20-16-18-11-21(19-16)10-12-2-4-13(17)5-3-12/h2-9,11H,10H2,1H3,(H,19,20). The van der Waals surface area contributed by atoms with Crippen LogP contribution in [0.25, 0.3) is 0 Å².